The van der Waals surface area contributed by atoms with Gasteiger partial charge in [-0.05, 0) is 24.6 Å². The molecule has 4 atom stereocenters. The standard InChI is InChI=1S/C18H22N4O4/c1-10(23)20-15-14(13-5-8-26-16(13)15)21-17(24)11-3-2-4-12(9-11)22-7-6-19-18(22)25/h2-4,9,13-16H,5-8H2,1H3,(H,19,25)(H,20,23)(H,21,24)/t13-,14+,15-,16-/m1/s1. The van der Waals surface area contributed by atoms with E-state index in [1.807, 2.05) is 6.07 Å². The van der Waals surface area contributed by atoms with Crippen molar-refractivity contribution in [1.29, 1.82) is 0 Å². The minimum atomic E-state index is -0.211. The minimum absolute atomic E-state index is 0.0242. The molecule has 0 unspecified atom stereocenters. The number of amides is 4. The number of rotatable bonds is 4. The van der Waals surface area contributed by atoms with E-state index in [9.17, 15) is 14.4 Å². The zero-order chi connectivity index (χ0) is 18.3. The van der Waals surface area contributed by atoms with Gasteiger partial charge in [0.05, 0.1) is 18.2 Å². The van der Waals surface area contributed by atoms with Crippen LogP contribution in [0.25, 0.3) is 0 Å². The van der Waals surface area contributed by atoms with Gasteiger partial charge in [0.2, 0.25) is 5.91 Å². The molecule has 3 aliphatic rings. The van der Waals surface area contributed by atoms with Crippen molar-refractivity contribution in [2.45, 2.75) is 31.5 Å². The maximum atomic E-state index is 12.7. The highest BCUT2D eigenvalue weighted by Crippen LogP contribution is 2.39. The van der Waals surface area contributed by atoms with Gasteiger partial charge in [-0.25, -0.2) is 4.79 Å². The first kappa shape index (κ1) is 16.8. The number of urea groups is 1. The van der Waals surface area contributed by atoms with Crippen molar-refractivity contribution < 1.29 is 19.1 Å². The van der Waals surface area contributed by atoms with Gasteiger partial charge >= 0.3 is 6.03 Å². The van der Waals surface area contributed by atoms with Crippen LogP contribution in [0.15, 0.2) is 24.3 Å². The Hall–Kier alpha value is -2.61. The monoisotopic (exact) mass is 358 g/mol. The van der Waals surface area contributed by atoms with Crippen LogP contribution in [0.4, 0.5) is 10.5 Å². The number of nitrogens with one attached hydrogen (secondary N) is 3. The number of hydrogen-bond acceptors (Lipinski definition) is 4. The summed E-state index contributed by atoms with van der Waals surface area (Å²) in [4.78, 5) is 37.6. The van der Waals surface area contributed by atoms with Crippen LogP contribution in [0, 0.1) is 5.92 Å². The molecule has 138 valence electrons. The molecule has 0 aromatic heterocycles. The molecule has 1 aliphatic carbocycles. The third kappa shape index (κ3) is 2.90. The maximum Gasteiger partial charge on any atom is 0.321 e. The Morgan fingerprint density at radius 3 is 2.85 bits per heavy atom. The Kier molecular flexibility index (Phi) is 4.28. The van der Waals surface area contributed by atoms with Crippen LogP contribution in [-0.2, 0) is 9.53 Å². The third-order valence-electron chi connectivity index (χ3n) is 5.33. The van der Waals surface area contributed by atoms with Gasteiger partial charge in [-0.2, -0.15) is 0 Å². The summed E-state index contributed by atoms with van der Waals surface area (Å²) in [6, 6.07) is 6.53. The molecular formula is C18H22N4O4. The second kappa shape index (κ2) is 6.60. The predicted molar refractivity (Wildman–Crippen MR) is 93.9 cm³/mol. The lowest BCUT2D eigenvalue weighted by molar-refractivity contribution is -0.123. The fourth-order valence-corrected chi connectivity index (χ4v) is 4.08. The van der Waals surface area contributed by atoms with Crippen molar-refractivity contribution in [2.75, 3.05) is 24.6 Å². The molecule has 1 aromatic carbocycles. The summed E-state index contributed by atoms with van der Waals surface area (Å²) >= 11 is 0. The van der Waals surface area contributed by atoms with Crippen molar-refractivity contribution >= 4 is 23.5 Å². The van der Waals surface area contributed by atoms with Crippen molar-refractivity contribution in [1.82, 2.24) is 16.0 Å². The lowest BCUT2D eigenvalue weighted by Crippen LogP contribution is -2.70. The summed E-state index contributed by atoms with van der Waals surface area (Å²) in [7, 11) is 0. The molecule has 2 saturated heterocycles. The molecule has 2 aliphatic heterocycles. The fourth-order valence-electron chi connectivity index (χ4n) is 4.08. The van der Waals surface area contributed by atoms with Crippen LogP contribution in [0.1, 0.15) is 23.7 Å². The molecular weight excluding hydrogens is 336 g/mol. The summed E-state index contributed by atoms with van der Waals surface area (Å²) < 4.78 is 5.66. The topological polar surface area (TPSA) is 99.8 Å². The molecule has 8 nitrogen and oxygen atoms in total. The van der Waals surface area contributed by atoms with Crippen molar-refractivity contribution in [2.24, 2.45) is 5.92 Å². The average molecular weight is 358 g/mol. The minimum Gasteiger partial charge on any atom is -0.376 e. The number of fused-ring (bicyclic) bond motifs is 1. The first-order valence-corrected chi connectivity index (χ1v) is 8.89. The first-order chi connectivity index (χ1) is 12.5. The summed E-state index contributed by atoms with van der Waals surface area (Å²) in [6.07, 6.45) is 0.850. The lowest BCUT2D eigenvalue weighted by Gasteiger charge is -2.47. The Bertz CT molecular complexity index is 752. The molecule has 1 saturated carbocycles. The molecule has 0 radical (unpaired) electrons. The van der Waals surface area contributed by atoms with Gasteiger partial charge < -0.3 is 20.7 Å². The molecule has 0 bridgehead atoms. The van der Waals surface area contributed by atoms with E-state index in [0.717, 1.165) is 6.42 Å². The molecule has 8 heteroatoms. The van der Waals surface area contributed by atoms with Gasteiger partial charge in [0.1, 0.15) is 0 Å². The number of carbonyl (C=O) groups excluding carboxylic acids is 3. The Morgan fingerprint density at radius 1 is 1.27 bits per heavy atom. The molecule has 3 fully saturated rings. The van der Waals surface area contributed by atoms with Crippen molar-refractivity contribution in [3.8, 4) is 0 Å². The van der Waals surface area contributed by atoms with Gasteiger partial charge in [0.15, 0.2) is 0 Å². The third-order valence-corrected chi connectivity index (χ3v) is 5.33. The number of anilines is 1. The molecule has 0 spiro atoms. The zero-order valence-electron chi connectivity index (χ0n) is 14.5. The summed E-state index contributed by atoms with van der Waals surface area (Å²) in [5.41, 5.74) is 1.19. The quantitative estimate of drug-likeness (QED) is 0.718. The number of nitrogens with zero attached hydrogens (tertiary/aromatic N) is 1. The van der Waals surface area contributed by atoms with Crippen molar-refractivity contribution in [3.05, 3.63) is 29.8 Å². The number of ether oxygens (including phenoxy) is 1. The summed E-state index contributed by atoms with van der Waals surface area (Å²) in [5, 5.41) is 8.66. The highest BCUT2D eigenvalue weighted by molar-refractivity contribution is 5.98. The maximum absolute atomic E-state index is 12.7. The first-order valence-electron chi connectivity index (χ1n) is 8.89. The molecule has 4 rings (SSSR count). The zero-order valence-corrected chi connectivity index (χ0v) is 14.5. The van der Waals surface area contributed by atoms with E-state index in [1.165, 1.54) is 6.92 Å². The average Bonchev–Trinajstić information content (AvgIpc) is 3.24. The molecule has 1 aromatic rings. The second-order valence-corrected chi connectivity index (χ2v) is 6.95. The van der Waals surface area contributed by atoms with Crippen LogP contribution < -0.4 is 20.9 Å². The number of carbonyl (C=O) groups is 3. The van der Waals surface area contributed by atoms with Gasteiger partial charge in [0.25, 0.3) is 5.91 Å². The normalized spacial score (nSPS) is 29.6. The van der Waals surface area contributed by atoms with Crippen LogP contribution in [0.5, 0.6) is 0 Å². The van der Waals surface area contributed by atoms with E-state index in [0.29, 0.717) is 30.9 Å². The number of benzene rings is 1. The fraction of sp³-hybridized carbons (Fsp3) is 0.500. The summed E-state index contributed by atoms with van der Waals surface area (Å²) in [5.74, 6) is -0.120. The van der Waals surface area contributed by atoms with Gasteiger partial charge in [0, 0.05) is 43.8 Å². The van der Waals surface area contributed by atoms with Crippen LogP contribution in [-0.4, -0.2) is 55.7 Å². The van der Waals surface area contributed by atoms with E-state index < -0.39 is 0 Å². The highest BCUT2D eigenvalue weighted by Gasteiger charge is 2.54. The summed E-state index contributed by atoms with van der Waals surface area (Å²) in [6.45, 7) is 3.29. The predicted octanol–water partition coefficient (Wildman–Crippen LogP) is 0.238. The number of hydrogen-bond donors (Lipinski definition) is 3. The van der Waals surface area contributed by atoms with E-state index in [4.69, 9.17) is 4.74 Å². The van der Waals surface area contributed by atoms with Crippen molar-refractivity contribution in [3.63, 3.8) is 0 Å². The van der Waals surface area contributed by atoms with Crippen LogP contribution in [0.3, 0.4) is 0 Å². The molecule has 26 heavy (non-hydrogen) atoms. The molecule has 3 N–H and O–H groups in total. The van der Waals surface area contributed by atoms with Gasteiger partial charge in [-0.3, -0.25) is 14.5 Å². The Morgan fingerprint density at radius 2 is 2.12 bits per heavy atom. The van der Waals surface area contributed by atoms with Gasteiger partial charge in [-0.15, -0.1) is 0 Å². The Balaban J connectivity index is 1.47. The van der Waals surface area contributed by atoms with E-state index in [1.54, 1.807) is 23.1 Å². The van der Waals surface area contributed by atoms with Crippen LogP contribution >= 0.6 is 0 Å². The highest BCUT2D eigenvalue weighted by atomic mass is 16.5. The van der Waals surface area contributed by atoms with E-state index >= 15 is 0 Å². The van der Waals surface area contributed by atoms with Gasteiger partial charge in [-0.1, -0.05) is 6.07 Å². The lowest BCUT2D eigenvalue weighted by atomic mass is 9.71. The second-order valence-electron chi connectivity index (χ2n) is 6.95. The van der Waals surface area contributed by atoms with Crippen LogP contribution in [0.2, 0.25) is 0 Å². The smallest absolute Gasteiger partial charge is 0.321 e. The Labute approximate surface area is 151 Å². The molecule has 4 amide bonds. The van der Waals surface area contributed by atoms with E-state index in [-0.39, 0.29) is 42.0 Å². The SMILES string of the molecule is CC(=O)N[C@@H]1[C@@H](NC(=O)c2cccc(N3CCNC3=O)c2)[C@H]2CCO[C@H]21. The van der Waals surface area contributed by atoms with E-state index in [2.05, 4.69) is 16.0 Å². The largest absolute Gasteiger partial charge is 0.376 e. The molecule has 2 heterocycles.